The SMILES string of the molecule is CN(C)C(=O)Nc1cccc(CCl)c1. The van der Waals surface area contributed by atoms with Gasteiger partial charge in [0, 0.05) is 25.7 Å². The number of hydrogen-bond donors (Lipinski definition) is 1. The number of benzene rings is 1. The van der Waals surface area contributed by atoms with Gasteiger partial charge in [0.05, 0.1) is 0 Å². The van der Waals surface area contributed by atoms with Gasteiger partial charge in [-0.1, -0.05) is 12.1 Å². The minimum absolute atomic E-state index is 0.142. The van der Waals surface area contributed by atoms with E-state index in [4.69, 9.17) is 11.6 Å². The maximum atomic E-state index is 11.3. The molecule has 0 aliphatic carbocycles. The maximum absolute atomic E-state index is 11.3. The number of anilines is 1. The van der Waals surface area contributed by atoms with Crippen LogP contribution in [0.3, 0.4) is 0 Å². The number of nitrogens with zero attached hydrogens (tertiary/aromatic N) is 1. The zero-order valence-corrected chi connectivity index (χ0v) is 9.01. The number of carbonyl (C=O) groups excluding carboxylic acids is 1. The van der Waals surface area contributed by atoms with Crippen molar-refractivity contribution in [2.45, 2.75) is 5.88 Å². The molecular weight excluding hydrogens is 200 g/mol. The highest BCUT2D eigenvalue weighted by Crippen LogP contribution is 2.12. The average molecular weight is 213 g/mol. The minimum Gasteiger partial charge on any atom is -0.331 e. The number of rotatable bonds is 2. The van der Waals surface area contributed by atoms with Crippen molar-refractivity contribution in [3.8, 4) is 0 Å². The average Bonchev–Trinajstić information content (AvgIpc) is 2.18. The van der Waals surface area contributed by atoms with Crippen LogP contribution in [0, 0.1) is 0 Å². The van der Waals surface area contributed by atoms with E-state index in [0.29, 0.717) is 5.88 Å². The largest absolute Gasteiger partial charge is 0.331 e. The van der Waals surface area contributed by atoms with Crippen molar-refractivity contribution in [3.05, 3.63) is 29.8 Å². The minimum atomic E-state index is -0.142. The summed E-state index contributed by atoms with van der Waals surface area (Å²) in [6, 6.07) is 7.32. The van der Waals surface area contributed by atoms with E-state index in [1.54, 1.807) is 14.1 Å². The molecule has 0 bridgehead atoms. The van der Waals surface area contributed by atoms with Crippen LogP contribution < -0.4 is 5.32 Å². The van der Waals surface area contributed by atoms with E-state index in [1.807, 2.05) is 24.3 Å². The normalized spacial score (nSPS) is 9.64. The maximum Gasteiger partial charge on any atom is 0.321 e. The highest BCUT2D eigenvalue weighted by Gasteiger charge is 2.03. The van der Waals surface area contributed by atoms with Gasteiger partial charge in [-0.25, -0.2) is 4.79 Å². The van der Waals surface area contributed by atoms with Crippen LogP contribution >= 0.6 is 11.6 Å². The zero-order chi connectivity index (χ0) is 10.6. The lowest BCUT2D eigenvalue weighted by atomic mass is 10.2. The summed E-state index contributed by atoms with van der Waals surface area (Å²) in [6.07, 6.45) is 0. The number of halogens is 1. The van der Waals surface area contributed by atoms with Crippen LogP contribution in [0.25, 0.3) is 0 Å². The third-order valence-corrected chi connectivity index (χ3v) is 2.05. The highest BCUT2D eigenvalue weighted by molar-refractivity contribution is 6.17. The molecule has 0 heterocycles. The molecule has 0 radical (unpaired) electrons. The predicted molar refractivity (Wildman–Crippen MR) is 58.7 cm³/mol. The van der Waals surface area contributed by atoms with E-state index < -0.39 is 0 Å². The molecule has 0 aliphatic rings. The smallest absolute Gasteiger partial charge is 0.321 e. The van der Waals surface area contributed by atoms with Gasteiger partial charge in [0.1, 0.15) is 0 Å². The van der Waals surface area contributed by atoms with E-state index >= 15 is 0 Å². The van der Waals surface area contributed by atoms with Crippen molar-refractivity contribution in [3.63, 3.8) is 0 Å². The van der Waals surface area contributed by atoms with Gasteiger partial charge in [0.15, 0.2) is 0 Å². The number of amides is 2. The molecule has 14 heavy (non-hydrogen) atoms. The molecule has 0 spiro atoms. The van der Waals surface area contributed by atoms with Gasteiger partial charge in [-0.05, 0) is 17.7 Å². The molecule has 1 rings (SSSR count). The number of alkyl halides is 1. The first kappa shape index (κ1) is 10.9. The Bertz CT molecular complexity index is 326. The molecule has 0 unspecified atom stereocenters. The Balaban J connectivity index is 2.72. The molecule has 0 saturated carbocycles. The van der Waals surface area contributed by atoms with Gasteiger partial charge in [0.2, 0.25) is 0 Å². The van der Waals surface area contributed by atoms with Crippen LogP contribution in [0.15, 0.2) is 24.3 Å². The Labute approximate surface area is 88.7 Å². The Morgan fingerprint density at radius 1 is 1.50 bits per heavy atom. The quantitative estimate of drug-likeness (QED) is 0.751. The van der Waals surface area contributed by atoms with E-state index in [2.05, 4.69) is 5.32 Å². The lowest BCUT2D eigenvalue weighted by Gasteiger charge is -2.12. The lowest BCUT2D eigenvalue weighted by molar-refractivity contribution is 0.230. The summed E-state index contributed by atoms with van der Waals surface area (Å²) in [5.74, 6) is 0.450. The predicted octanol–water partition coefficient (Wildman–Crippen LogP) is 2.52. The molecular formula is C10H13ClN2O. The fourth-order valence-electron chi connectivity index (χ4n) is 0.967. The summed E-state index contributed by atoms with van der Waals surface area (Å²) >= 11 is 5.67. The van der Waals surface area contributed by atoms with Crippen LogP contribution in [-0.4, -0.2) is 25.0 Å². The monoisotopic (exact) mass is 212 g/mol. The zero-order valence-electron chi connectivity index (χ0n) is 8.25. The summed E-state index contributed by atoms with van der Waals surface area (Å²) in [5, 5.41) is 2.74. The first-order chi connectivity index (χ1) is 6.63. The van der Waals surface area contributed by atoms with E-state index in [0.717, 1.165) is 11.3 Å². The molecule has 76 valence electrons. The second-order valence-electron chi connectivity index (χ2n) is 3.16. The molecule has 1 N–H and O–H groups in total. The number of urea groups is 1. The summed E-state index contributed by atoms with van der Waals surface area (Å²) in [4.78, 5) is 12.8. The summed E-state index contributed by atoms with van der Waals surface area (Å²) < 4.78 is 0. The third-order valence-electron chi connectivity index (χ3n) is 1.74. The molecule has 0 saturated heterocycles. The second-order valence-corrected chi connectivity index (χ2v) is 3.43. The van der Waals surface area contributed by atoms with Gasteiger partial charge >= 0.3 is 6.03 Å². The van der Waals surface area contributed by atoms with E-state index in [1.165, 1.54) is 4.90 Å². The Morgan fingerprint density at radius 2 is 2.21 bits per heavy atom. The summed E-state index contributed by atoms with van der Waals surface area (Å²) in [7, 11) is 3.39. The molecule has 1 aromatic carbocycles. The number of carbonyl (C=O) groups is 1. The van der Waals surface area contributed by atoms with Gasteiger partial charge in [-0.2, -0.15) is 0 Å². The highest BCUT2D eigenvalue weighted by atomic mass is 35.5. The summed E-state index contributed by atoms with van der Waals surface area (Å²) in [5.41, 5.74) is 1.75. The first-order valence-corrected chi connectivity index (χ1v) is 4.80. The molecule has 0 aliphatic heterocycles. The molecule has 4 heteroatoms. The van der Waals surface area contributed by atoms with Crippen molar-refractivity contribution >= 4 is 23.3 Å². The summed E-state index contributed by atoms with van der Waals surface area (Å²) in [6.45, 7) is 0. The molecule has 1 aromatic rings. The third kappa shape index (κ3) is 2.92. The van der Waals surface area contributed by atoms with Crippen molar-refractivity contribution in [2.24, 2.45) is 0 Å². The van der Waals surface area contributed by atoms with Gasteiger partial charge in [0.25, 0.3) is 0 Å². The fourth-order valence-corrected chi connectivity index (χ4v) is 1.13. The molecule has 3 nitrogen and oxygen atoms in total. The second kappa shape index (κ2) is 4.86. The van der Waals surface area contributed by atoms with Crippen LogP contribution in [0.5, 0.6) is 0 Å². The van der Waals surface area contributed by atoms with Crippen LogP contribution in [0.1, 0.15) is 5.56 Å². The Hall–Kier alpha value is -1.22. The van der Waals surface area contributed by atoms with Gasteiger partial charge in [-0.15, -0.1) is 11.6 Å². The van der Waals surface area contributed by atoms with Gasteiger partial charge < -0.3 is 10.2 Å². The number of nitrogens with one attached hydrogen (secondary N) is 1. The van der Waals surface area contributed by atoms with Gasteiger partial charge in [-0.3, -0.25) is 0 Å². The van der Waals surface area contributed by atoms with E-state index in [9.17, 15) is 4.79 Å². The standard InChI is InChI=1S/C10H13ClN2O/c1-13(2)10(14)12-9-5-3-4-8(6-9)7-11/h3-6H,7H2,1-2H3,(H,12,14). The molecule has 0 atom stereocenters. The molecule has 0 aromatic heterocycles. The van der Waals surface area contributed by atoms with Crippen LogP contribution in [0.2, 0.25) is 0 Å². The van der Waals surface area contributed by atoms with Crippen molar-refractivity contribution < 1.29 is 4.79 Å². The Kier molecular flexibility index (Phi) is 3.77. The van der Waals surface area contributed by atoms with Crippen molar-refractivity contribution in [2.75, 3.05) is 19.4 Å². The lowest BCUT2D eigenvalue weighted by Crippen LogP contribution is -2.27. The first-order valence-electron chi connectivity index (χ1n) is 4.26. The molecule has 0 fully saturated rings. The Morgan fingerprint density at radius 3 is 2.79 bits per heavy atom. The van der Waals surface area contributed by atoms with Crippen molar-refractivity contribution in [1.82, 2.24) is 4.90 Å². The van der Waals surface area contributed by atoms with E-state index in [-0.39, 0.29) is 6.03 Å². The number of hydrogen-bond acceptors (Lipinski definition) is 1. The fraction of sp³-hybridized carbons (Fsp3) is 0.300. The van der Waals surface area contributed by atoms with Crippen LogP contribution in [0.4, 0.5) is 10.5 Å². The topological polar surface area (TPSA) is 32.3 Å². The van der Waals surface area contributed by atoms with Crippen LogP contribution in [-0.2, 0) is 5.88 Å². The molecule has 2 amide bonds. The van der Waals surface area contributed by atoms with Crippen molar-refractivity contribution in [1.29, 1.82) is 0 Å².